The topological polar surface area (TPSA) is 64.5 Å². The fraction of sp³-hybridized carbons (Fsp3) is 0.615. The van der Waals surface area contributed by atoms with Gasteiger partial charge in [0.05, 0.1) is 11.1 Å². The molecule has 0 aliphatic carbocycles. The number of ether oxygens (including phenoxy) is 2. The van der Waals surface area contributed by atoms with Crippen molar-refractivity contribution in [2.45, 2.75) is 26.4 Å². The number of amides is 1. The number of halogens is 1. The number of hydrogen-bond donors (Lipinski definition) is 0. The third-order valence-electron chi connectivity index (χ3n) is 2.65. The maximum atomic E-state index is 11.7. The van der Waals surface area contributed by atoms with Gasteiger partial charge in [-0.3, -0.25) is 0 Å². The molecule has 1 fully saturated rings. The molecule has 0 unspecified atom stereocenters. The predicted octanol–water partition coefficient (Wildman–Crippen LogP) is 2.48. The van der Waals surface area contributed by atoms with Crippen LogP contribution >= 0.6 is 15.9 Å². The van der Waals surface area contributed by atoms with E-state index in [0.717, 1.165) is 4.47 Å². The summed E-state index contributed by atoms with van der Waals surface area (Å²) >= 11 is 3.26. The van der Waals surface area contributed by atoms with E-state index in [2.05, 4.69) is 25.9 Å². The Hall–Kier alpha value is -1.37. The van der Waals surface area contributed by atoms with Crippen molar-refractivity contribution in [3.05, 3.63) is 16.9 Å². The zero-order valence-corrected chi connectivity index (χ0v) is 13.4. The highest BCUT2D eigenvalue weighted by molar-refractivity contribution is 9.10. The molecule has 1 amide bonds. The Morgan fingerprint density at radius 1 is 1.40 bits per heavy atom. The lowest BCUT2D eigenvalue weighted by molar-refractivity contribution is -0.00837. The smallest absolute Gasteiger partial charge is 0.410 e. The Bertz CT molecular complexity index is 467. The van der Waals surface area contributed by atoms with Crippen LogP contribution in [0.1, 0.15) is 20.8 Å². The third kappa shape index (κ3) is 4.33. The molecule has 7 heteroatoms. The highest BCUT2D eigenvalue weighted by atomic mass is 79.9. The van der Waals surface area contributed by atoms with E-state index in [1.54, 1.807) is 17.3 Å². The Morgan fingerprint density at radius 2 is 2.00 bits per heavy atom. The van der Waals surface area contributed by atoms with E-state index < -0.39 is 5.60 Å². The number of rotatable bonds is 3. The summed E-state index contributed by atoms with van der Waals surface area (Å²) in [5.74, 6) is 0.301. The normalized spacial score (nSPS) is 15.7. The summed E-state index contributed by atoms with van der Waals surface area (Å²) in [4.78, 5) is 21.5. The van der Waals surface area contributed by atoms with Crippen LogP contribution in [0.3, 0.4) is 0 Å². The Balaban J connectivity index is 1.69. The molecule has 0 spiro atoms. The van der Waals surface area contributed by atoms with Crippen LogP contribution in [0.5, 0.6) is 6.01 Å². The minimum absolute atomic E-state index is 0.270. The van der Waals surface area contributed by atoms with Crippen LogP contribution < -0.4 is 4.74 Å². The van der Waals surface area contributed by atoms with Crippen LogP contribution in [0.4, 0.5) is 4.79 Å². The van der Waals surface area contributed by atoms with Crippen LogP contribution in [0.25, 0.3) is 0 Å². The van der Waals surface area contributed by atoms with Crippen molar-refractivity contribution < 1.29 is 14.3 Å². The first-order valence-electron chi connectivity index (χ1n) is 6.42. The van der Waals surface area contributed by atoms with E-state index in [1.165, 1.54) is 0 Å². The fourth-order valence-corrected chi connectivity index (χ4v) is 1.92. The highest BCUT2D eigenvalue weighted by Crippen LogP contribution is 2.20. The monoisotopic (exact) mass is 343 g/mol. The molecule has 1 aromatic rings. The quantitative estimate of drug-likeness (QED) is 0.843. The molecular formula is C13H18BrN3O3. The third-order valence-corrected chi connectivity index (χ3v) is 3.06. The molecular weight excluding hydrogens is 326 g/mol. The number of likely N-dealkylation sites (tertiary alicyclic amines) is 1. The van der Waals surface area contributed by atoms with E-state index >= 15 is 0 Å². The molecule has 1 aliphatic heterocycles. The molecule has 6 nitrogen and oxygen atoms in total. The van der Waals surface area contributed by atoms with E-state index in [1.807, 2.05) is 20.8 Å². The Labute approximate surface area is 126 Å². The van der Waals surface area contributed by atoms with Crippen molar-refractivity contribution in [1.29, 1.82) is 0 Å². The molecule has 0 saturated carbocycles. The van der Waals surface area contributed by atoms with E-state index in [9.17, 15) is 4.79 Å². The lowest BCUT2D eigenvalue weighted by atomic mass is 10.0. The van der Waals surface area contributed by atoms with Gasteiger partial charge in [-0.1, -0.05) is 0 Å². The first-order chi connectivity index (χ1) is 9.33. The van der Waals surface area contributed by atoms with Crippen molar-refractivity contribution in [2.75, 3.05) is 19.7 Å². The molecule has 0 bridgehead atoms. The SMILES string of the molecule is CC(C)(C)OC(=O)N1CC(COc2ncc(Br)cn2)C1. The first kappa shape index (κ1) is 15.0. The summed E-state index contributed by atoms with van der Waals surface area (Å²) in [5.41, 5.74) is -0.454. The van der Waals surface area contributed by atoms with Crippen LogP contribution in [0, 0.1) is 5.92 Å². The highest BCUT2D eigenvalue weighted by Gasteiger charge is 2.34. The van der Waals surface area contributed by atoms with Crippen LogP contribution in [-0.4, -0.2) is 46.3 Å². The van der Waals surface area contributed by atoms with Gasteiger partial charge in [0.1, 0.15) is 5.60 Å². The number of carbonyl (C=O) groups excluding carboxylic acids is 1. The molecule has 1 saturated heterocycles. The number of nitrogens with zero attached hydrogens (tertiary/aromatic N) is 3. The number of hydrogen-bond acceptors (Lipinski definition) is 5. The van der Waals surface area contributed by atoms with Crippen molar-refractivity contribution in [3.63, 3.8) is 0 Å². The molecule has 0 aromatic carbocycles. The van der Waals surface area contributed by atoms with Gasteiger partial charge in [-0.2, -0.15) is 0 Å². The van der Waals surface area contributed by atoms with Gasteiger partial charge < -0.3 is 14.4 Å². The lowest BCUT2D eigenvalue weighted by Crippen LogP contribution is -2.53. The molecule has 2 heterocycles. The maximum Gasteiger partial charge on any atom is 0.410 e. The van der Waals surface area contributed by atoms with Gasteiger partial charge in [-0.05, 0) is 36.7 Å². The summed E-state index contributed by atoms with van der Waals surface area (Å²) in [6.07, 6.45) is 3.00. The summed E-state index contributed by atoms with van der Waals surface area (Å²) in [7, 11) is 0. The molecule has 0 N–H and O–H groups in total. The summed E-state index contributed by atoms with van der Waals surface area (Å²) in [5, 5.41) is 0. The van der Waals surface area contributed by atoms with E-state index in [4.69, 9.17) is 9.47 Å². The lowest BCUT2D eigenvalue weighted by Gasteiger charge is -2.39. The average Bonchev–Trinajstić information content (AvgIpc) is 2.27. The summed E-state index contributed by atoms with van der Waals surface area (Å²) in [6, 6.07) is 0.351. The minimum Gasteiger partial charge on any atom is -0.463 e. The second-order valence-electron chi connectivity index (χ2n) is 5.75. The molecule has 1 aromatic heterocycles. The second kappa shape index (κ2) is 5.95. The maximum absolute atomic E-state index is 11.7. The van der Waals surface area contributed by atoms with Gasteiger partial charge in [0.2, 0.25) is 0 Å². The summed E-state index contributed by atoms with van der Waals surface area (Å²) < 4.78 is 11.6. The average molecular weight is 344 g/mol. The van der Waals surface area contributed by atoms with Gasteiger partial charge >= 0.3 is 12.1 Å². The van der Waals surface area contributed by atoms with Crippen LogP contribution in [0.2, 0.25) is 0 Å². The van der Waals surface area contributed by atoms with Gasteiger partial charge in [-0.15, -0.1) is 0 Å². The molecule has 0 radical (unpaired) electrons. The van der Waals surface area contributed by atoms with Crippen molar-refractivity contribution in [2.24, 2.45) is 5.92 Å². The number of aromatic nitrogens is 2. The minimum atomic E-state index is -0.454. The second-order valence-corrected chi connectivity index (χ2v) is 6.66. The van der Waals surface area contributed by atoms with Gasteiger partial charge in [0, 0.05) is 31.4 Å². The van der Waals surface area contributed by atoms with Crippen molar-refractivity contribution in [3.8, 4) is 6.01 Å². The van der Waals surface area contributed by atoms with Crippen LogP contribution in [-0.2, 0) is 4.74 Å². The molecule has 1 aliphatic rings. The predicted molar refractivity (Wildman–Crippen MR) is 76.5 cm³/mol. The molecule has 0 atom stereocenters. The largest absolute Gasteiger partial charge is 0.463 e. The molecule has 110 valence electrons. The van der Waals surface area contributed by atoms with Crippen LogP contribution in [0.15, 0.2) is 16.9 Å². The number of carbonyl (C=O) groups is 1. The fourth-order valence-electron chi connectivity index (χ4n) is 1.72. The molecule has 2 rings (SSSR count). The molecule has 20 heavy (non-hydrogen) atoms. The van der Waals surface area contributed by atoms with Crippen molar-refractivity contribution >= 4 is 22.0 Å². The zero-order chi connectivity index (χ0) is 14.8. The first-order valence-corrected chi connectivity index (χ1v) is 7.21. The van der Waals surface area contributed by atoms with Gasteiger partial charge in [0.15, 0.2) is 0 Å². The summed E-state index contributed by atoms with van der Waals surface area (Å²) in [6.45, 7) is 7.36. The van der Waals surface area contributed by atoms with Gasteiger partial charge in [0.25, 0.3) is 0 Å². The van der Waals surface area contributed by atoms with E-state index in [0.29, 0.717) is 31.6 Å². The Morgan fingerprint density at radius 3 is 2.55 bits per heavy atom. The van der Waals surface area contributed by atoms with Crippen molar-refractivity contribution in [1.82, 2.24) is 14.9 Å². The van der Waals surface area contributed by atoms with E-state index in [-0.39, 0.29) is 6.09 Å². The zero-order valence-electron chi connectivity index (χ0n) is 11.8. The Kier molecular flexibility index (Phi) is 4.47. The van der Waals surface area contributed by atoms with Gasteiger partial charge in [-0.25, -0.2) is 14.8 Å². The standard InChI is InChI=1S/C13H18BrN3O3/c1-13(2,3)20-12(18)17-6-9(7-17)8-19-11-15-4-10(14)5-16-11/h4-5,9H,6-8H2,1-3H3.